The second-order valence-electron chi connectivity index (χ2n) is 7.32. The molecule has 1 amide bonds. The number of anilines is 1. The first-order valence-electron chi connectivity index (χ1n) is 10.5. The van der Waals surface area contributed by atoms with Crippen LogP contribution in [0.15, 0.2) is 52.3 Å². The summed E-state index contributed by atoms with van der Waals surface area (Å²) >= 11 is 4.62. The van der Waals surface area contributed by atoms with Crippen LogP contribution in [0.3, 0.4) is 0 Å². The summed E-state index contributed by atoms with van der Waals surface area (Å²) in [6, 6.07) is 11.7. The number of nitro benzene ring substituents is 1. The highest BCUT2D eigenvalue weighted by molar-refractivity contribution is 9.10. The summed E-state index contributed by atoms with van der Waals surface area (Å²) in [4.78, 5) is 35.9. The van der Waals surface area contributed by atoms with Crippen molar-refractivity contribution in [3.8, 4) is 16.9 Å². The SMILES string of the molecule is CCOC(=O)c1c(-c2cccc([N+](=O)[O-])c2)csc1NC(=O)CCCOc1ccc(C)cc1Br. The van der Waals surface area contributed by atoms with Gasteiger partial charge in [-0.05, 0) is 59.5 Å². The number of benzene rings is 2. The zero-order valence-corrected chi connectivity index (χ0v) is 21.0. The highest BCUT2D eigenvalue weighted by Gasteiger charge is 2.23. The number of halogens is 1. The molecule has 10 heteroatoms. The maximum absolute atomic E-state index is 12.7. The first-order valence-corrected chi connectivity index (χ1v) is 12.2. The lowest BCUT2D eigenvalue weighted by molar-refractivity contribution is -0.384. The van der Waals surface area contributed by atoms with Crippen molar-refractivity contribution < 1.29 is 24.0 Å². The maximum Gasteiger partial charge on any atom is 0.341 e. The van der Waals surface area contributed by atoms with Gasteiger partial charge >= 0.3 is 5.97 Å². The van der Waals surface area contributed by atoms with Crippen LogP contribution in [0.2, 0.25) is 0 Å². The Bertz CT molecular complexity index is 1210. The van der Waals surface area contributed by atoms with Gasteiger partial charge in [0.25, 0.3) is 5.69 Å². The molecule has 0 aliphatic heterocycles. The molecular formula is C24H23BrN2O6S. The zero-order valence-electron chi connectivity index (χ0n) is 18.6. The van der Waals surface area contributed by atoms with Crippen molar-refractivity contribution in [2.45, 2.75) is 26.7 Å². The number of nitrogens with zero attached hydrogens (tertiary/aromatic N) is 1. The van der Waals surface area contributed by atoms with Gasteiger partial charge in [-0.1, -0.05) is 18.2 Å². The summed E-state index contributed by atoms with van der Waals surface area (Å²) in [5.74, 6) is -0.173. The molecule has 1 heterocycles. The normalized spacial score (nSPS) is 10.6. The predicted molar refractivity (Wildman–Crippen MR) is 135 cm³/mol. The Morgan fingerprint density at radius 2 is 2.00 bits per heavy atom. The molecule has 0 saturated heterocycles. The molecule has 0 unspecified atom stereocenters. The van der Waals surface area contributed by atoms with Crippen LogP contribution >= 0.6 is 27.3 Å². The van der Waals surface area contributed by atoms with Gasteiger partial charge in [0.15, 0.2) is 0 Å². The average Bonchev–Trinajstić information content (AvgIpc) is 3.21. The molecule has 0 bridgehead atoms. The Kier molecular flexibility index (Phi) is 8.78. The molecule has 0 spiro atoms. The molecule has 3 aromatic rings. The minimum Gasteiger partial charge on any atom is -0.492 e. The smallest absolute Gasteiger partial charge is 0.341 e. The predicted octanol–water partition coefficient (Wildman–Crippen LogP) is 6.37. The zero-order chi connectivity index (χ0) is 24.7. The number of non-ortho nitro benzene ring substituents is 1. The number of nitro groups is 1. The topological polar surface area (TPSA) is 108 Å². The third-order valence-corrected chi connectivity index (χ3v) is 6.30. The van der Waals surface area contributed by atoms with Gasteiger partial charge in [-0.25, -0.2) is 4.79 Å². The summed E-state index contributed by atoms with van der Waals surface area (Å²) in [7, 11) is 0. The number of amides is 1. The first kappa shape index (κ1) is 25.4. The molecule has 34 heavy (non-hydrogen) atoms. The van der Waals surface area contributed by atoms with Gasteiger partial charge in [0.05, 0.1) is 22.6 Å². The molecule has 0 aliphatic rings. The summed E-state index contributed by atoms with van der Waals surface area (Å²) in [5.41, 5.74) is 2.15. The van der Waals surface area contributed by atoms with E-state index in [9.17, 15) is 19.7 Å². The van der Waals surface area contributed by atoms with E-state index in [0.29, 0.717) is 34.9 Å². The van der Waals surface area contributed by atoms with Crippen LogP contribution in [0, 0.1) is 17.0 Å². The highest BCUT2D eigenvalue weighted by Crippen LogP contribution is 2.37. The summed E-state index contributed by atoms with van der Waals surface area (Å²) < 4.78 is 11.7. The van der Waals surface area contributed by atoms with Crippen molar-refractivity contribution in [2.75, 3.05) is 18.5 Å². The summed E-state index contributed by atoms with van der Waals surface area (Å²) in [5, 5.41) is 15.9. The number of hydrogen-bond donors (Lipinski definition) is 1. The van der Waals surface area contributed by atoms with Crippen molar-refractivity contribution >= 4 is 49.8 Å². The number of thiophene rings is 1. The number of hydrogen-bond acceptors (Lipinski definition) is 7. The number of esters is 1. The Morgan fingerprint density at radius 3 is 2.71 bits per heavy atom. The van der Waals surface area contributed by atoms with E-state index in [-0.39, 0.29) is 30.2 Å². The van der Waals surface area contributed by atoms with Crippen LogP contribution < -0.4 is 10.1 Å². The Morgan fingerprint density at radius 1 is 1.21 bits per heavy atom. The van der Waals surface area contributed by atoms with Gasteiger partial charge in [0.2, 0.25) is 5.91 Å². The van der Waals surface area contributed by atoms with Crippen LogP contribution in [0.1, 0.15) is 35.7 Å². The fourth-order valence-electron chi connectivity index (χ4n) is 3.18. The van der Waals surface area contributed by atoms with E-state index in [1.165, 1.54) is 23.5 Å². The lowest BCUT2D eigenvalue weighted by Crippen LogP contribution is -2.15. The number of carbonyl (C=O) groups is 2. The van der Waals surface area contributed by atoms with E-state index >= 15 is 0 Å². The fraction of sp³-hybridized carbons (Fsp3) is 0.250. The van der Waals surface area contributed by atoms with Gasteiger partial charge < -0.3 is 14.8 Å². The Labute approximate surface area is 209 Å². The standard InChI is InChI=1S/C24H23BrN2O6S/c1-3-32-24(29)22-18(16-6-4-7-17(13-16)27(30)31)14-34-23(22)26-21(28)8-5-11-33-20-10-9-15(2)12-19(20)25/h4,6-7,9-10,12-14H,3,5,8,11H2,1-2H3,(H,26,28). The fourth-order valence-corrected chi connectivity index (χ4v) is 4.76. The molecule has 0 aliphatic carbocycles. The summed E-state index contributed by atoms with van der Waals surface area (Å²) in [6.45, 7) is 4.17. The molecule has 0 atom stereocenters. The van der Waals surface area contributed by atoms with E-state index in [0.717, 1.165) is 10.0 Å². The Balaban J connectivity index is 1.69. The molecule has 0 radical (unpaired) electrons. The third-order valence-electron chi connectivity index (χ3n) is 4.78. The number of carbonyl (C=O) groups excluding carboxylic acids is 2. The molecule has 2 aromatic carbocycles. The molecule has 178 valence electrons. The quantitative estimate of drug-likeness (QED) is 0.137. The third kappa shape index (κ3) is 6.42. The van der Waals surface area contributed by atoms with Crippen LogP contribution in [0.5, 0.6) is 5.75 Å². The maximum atomic E-state index is 12.7. The minimum absolute atomic E-state index is 0.0932. The van der Waals surface area contributed by atoms with Gasteiger partial charge in [-0.2, -0.15) is 0 Å². The molecule has 3 rings (SSSR count). The van der Waals surface area contributed by atoms with E-state index in [1.54, 1.807) is 24.4 Å². The van der Waals surface area contributed by atoms with Crippen LogP contribution in [0.25, 0.3) is 11.1 Å². The van der Waals surface area contributed by atoms with E-state index in [2.05, 4.69) is 21.2 Å². The minimum atomic E-state index is -0.604. The average molecular weight is 547 g/mol. The highest BCUT2D eigenvalue weighted by atomic mass is 79.9. The molecule has 0 saturated carbocycles. The number of ether oxygens (including phenoxy) is 2. The van der Waals surface area contributed by atoms with Gasteiger partial charge in [0.1, 0.15) is 16.3 Å². The van der Waals surface area contributed by atoms with Crippen molar-refractivity contribution in [3.63, 3.8) is 0 Å². The summed E-state index contributed by atoms with van der Waals surface area (Å²) in [6.07, 6.45) is 0.666. The van der Waals surface area contributed by atoms with Gasteiger partial charge in [0, 0.05) is 29.5 Å². The second-order valence-corrected chi connectivity index (χ2v) is 9.05. The first-order chi connectivity index (χ1) is 16.3. The van der Waals surface area contributed by atoms with E-state index < -0.39 is 10.9 Å². The van der Waals surface area contributed by atoms with Gasteiger partial charge in [-0.3, -0.25) is 14.9 Å². The lowest BCUT2D eigenvalue weighted by Gasteiger charge is -2.10. The molecule has 1 aromatic heterocycles. The number of aryl methyl sites for hydroxylation is 1. The van der Waals surface area contributed by atoms with Gasteiger partial charge in [-0.15, -0.1) is 11.3 Å². The van der Waals surface area contributed by atoms with E-state index in [1.807, 2.05) is 25.1 Å². The molecule has 8 nitrogen and oxygen atoms in total. The number of rotatable bonds is 10. The van der Waals surface area contributed by atoms with E-state index in [4.69, 9.17) is 9.47 Å². The van der Waals surface area contributed by atoms with Crippen molar-refractivity contribution in [1.82, 2.24) is 0 Å². The van der Waals surface area contributed by atoms with Crippen LogP contribution in [0.4, 0.5) is 10.7 Å². The van der Waals surface area contributed by atoms with Crippen molar-refractivity contribution in [2.24, 2.45) is 0 Å². The number of nitrogens with one attached hydrogen (secondary N) is 1. The van der Waals surface area contributed by atoms with Crippen LogP contribution in [-0.2, 0) is 9.53 Å². The van der Waals surface area contributed by atoms with Crippen molar-refractivity contribution in [1.29, 1.82) is 0 Å². The molecule has 0 fully saturated rings. The second kappa shape index (κ2) is 11.8. The molecule has 1 N–H and O–H groups in total. The van der Waals surface area contributed by atoms with Crippen LogP contribution in [-0.4, -0.2) is 30.0 Å². The van der Waals surface area contributed by atoms with Crippen molar-refractivity contribution in [3.05, 3.63) is 73.6 Å². The monoisotopic (exact) mass is 546 g/mol. The molecular weight excluding hydrogens is 524 g/mol. The lowest BCUT2D eigenvalue weighted by atomic mass is 10.0. The Hall–Kier alpha value is -3.24. The largest absolute Gasteiger partial charge is 0.492 e.